The first kappa shape index (κ1) is 12.5. The number of carbonyl (C=O) groups is 1. The van der Waals surface area contributed by atoms with E-state index in [1.807, 2.05) is 31.2 Å². The van der Waals surface area contributed by atoms with Gasteiger partial charge in [0.2, 0.25) is 0 Å². The Balaban J connectivity index is 2.17. The monoisotopic (exact) mass is 251 g/mol. The van der Waals surface area contributed by atoms with Crippen molar-refractivity contribution in [2.45, 2.75) is 29.4 Å². The number of aryl methyl sites for hydroxylation is 1. The minimum absolute atomic E-state index is 0.652. The zero-order valence-electron chi connectivity index (χ0n) is 9.90. The molecule has 17 heavy (non-hydrogen) atoms. The fraction of sp³-hybridized carbons (Fsp3) is 0.462. The van der Waals surface area contributed by atoms with Gasteiger partial charge in [0.25, 0.3) is 0 Å². The molecule has 4 heteroatoms. The van der Waals surface area contributed by atoms with Crippen LogP contribution in [-0.4, -0.2) is 28.9 Å². The molecule has 0 bridgehead atoms. The number of rotatable bonds is 3. The average molecular weight is 251 g/mol. The summed E-state index contributed by atoms with van der Waals surface area (Å²) in [7, 11) is 0. The summed E-state index contributed by atoms with van der Waals surface area (Å²) >= 11 is 1.49. The second-order valence-electron chi connectivity index (χ2n) is 4.46. The lowest BCUT2D eigenvalue weighted by atomic mass is 9.97. The Labute approximate surface area is 106 Å². The molecule has 2 rings (SSSR count). The first-order valence-electron chi connectivity index (χ1n) is 5.82. The standard InChI is InChI=1S/C13H17NO2S/c1-10-2-4-11(5-3-10)17-13(12(15)16)6-8-14-9-7-13/h2-5,14H,6-9H2,1H3,(H,15,16). The van der Waals surface area contributed by atoms with Gasteiger partial charge >= 0.3 is 5.97 Å². The van der Waals surface area contributed by atoms with E-state index in [0.29, 0.717) is 12.8 Å². The second-order valence-corrected chi connectivity index (χ2v) is 5.92. The maximum Gasteiger partial charge on any atom is 0.320 e. The quantitative estimate of drug-likeness (QED) is 0.865. The first-order chi connectivity index (χ1) is 8.12. The summed E-state index contributed by atoms with van der Waals surface area (Å²) in [6.45, 7) is 3.60. The van der Waals surface area contributed by atoms with Gasteiger partial charge in [-0.1, -0.05) is 17.7 Å². The number of carboxylic acid groups (broad SMARTS) is 1. The summed E-state index contributed by atoms with van der Waals surface area (Å²) in [6.07, 6.45) is 1.36. The lowest BCUT2D eigenvalue weighted by Gasteiger charge is -2.32. The fourth-order valence-corrected chi connectivity index (χ4v) is 3.24. The van der Waals surface area contributed by atoms with Crippen molar-refractivity contribution >= 4 is 17.7 Å². The molecule has 1 aromatic rings. The number of nitrogens with one attached hydrogen (secondary N) is 1. The van der Waals surface area contributed by atoms with Crippen molar-refractivity contribution in [1.82, 2.24) is 5.32 Å². The van der Waals surface area contributed by atoms with Crippen LogP contribution in [0.1, 0.15) is 18.4 Å². The van der Waals surface area contributed by atoms with Gasteiger partial charge in [-0.15, -0.1) is 11.8 Å². The number of carboxylic acids is 1. The van der Waals surface area contributed by atoms with E-state index in [0.717, 1.165) is 18.0 Å². The molecule has 1 aliphatic rings. The van der Waals surface area contributed by atoms with Gasteiger partial charge in [0.1, 0.15) is 4.75 Å². The van der Waals surface area contributed by atoms with Crippen LogP contribution in [0, 0.1) is 6.92 Å². The molecule has 3 nitrogen and oxygen atoms in total. The van der Waals surface area contributed by atoms with Crippen LogP contribution in [-0.2, 0) is 4.79 Å². The van der Waals surface area contributed by atoms with E-state index in [1.165, 1.54) is 17.3 Å². The van der Waals surface area contributed by atoms with E-state index in [9.17, 15) is 9.90 Å². The highest BCUT2D eigenvalue weighted by Crippen LogP contribution is 2.39. The molecule has 1 aromatic carbocycles. The van der Waals surface area contributed by atoms with E-state index in [-0.39, 0.29) is 0 Å². The zero-order chi connectivity index (χ0) is 12.3. The molecule has 1 heterocycles. The van der Waals surface area contributed by atoms with Gasteiger partial charge in [-0.25, -0.2) is 0 Å². The van der Waals surface area contributed by atoms with E-state index >= 15 is 0 Å². The Bertz CT molecular complexity index is 396. The summed E-state index contributed by atoms with van der Waals surface area (Å²) in [5.41, 5.74) is 1.20. The van der Waals surface area contributed by atoms with Crippen molar-refractivity contribution in [2.24, 2.45) is 0 Å². The van der Waals surface area contributed by atoms with Gasteiger partial charge < -0.3 is 10.4 Å². The molecule has 1 aliphatic heterocycles. The molecule has 1 fully saturated rings. The molecular formula is C13H17NO2S. The van der Waals surface area contributed by atoms with Crippen molar-refractivity contribution in [2.75, 3.05) is 13.1 Å². The van der Waals surface area contributed by atoms with Crippen LogP contribution in [0.3, 0.4) is 0 Å². The minimum atomic E-state index is -0.690. The highest BCUT2D eigenvalue weighted by atomic mass is 32.2. The fourth-order valence-electron chi connectivity index (χ4n) is 2.02. The van der Waals surface area contributed by atoms with Gasteiger partial charge in [0, 0.05) is 4.90 Å². The number of piperidine rings is 1. The predicted octanol–water partition coefficient (Wildman–Crippen LogP) is 2.29. The van der Waals surface area contributed by atoms with Crippen molar-refractivity contribution in [1.29, 1.82) is 0 Å². The Morgan fingerprint density at radius 2 is 1.88 bits per heavy atom. The van der Waals surface area contributed by atoms with Crippen LogP contribution < -0.4 is 5.32 Å². The molecule has 92 valence electrons. The van der Waals surface area contributed by atoms with Gasteiger partial charge in [0.15, 0.2) is 0 Å². The molecule has 0 aromatic heterocycles. The lowest BCUT2D eigenvalue weighted by molar-refractivity contribution is -0.140. The number of benzene rings is 1. The SMILES string of the molecule is Cc1ccc(SC2(C(=O)O)CCNCC2)cc1. The number of thioether (sulfide) groups is 1. The molecule has 2 N–H and O–H groups in total. The van der Waals surface area contributed by atoms with Crippen LogP contribution in [0.25, 0.3) is 0 Å². The van der Waals surface area contributed by atoms with E-state index < -0.39 is 10.7 Å². The van der Waals surface area contributed by atoms with Gasteiger partial charge in [-0.2, -0.15) is 0 Å². The number of aliphatic carboxylic acids is 1. The zero-order valence-corrected chi connectivity index (χ0v) is 10.7. The van der Waals surface area contributed by atoms with Crippen molar-refractivity contribution in [3.05, 3.63) is 29.8 Å². The Kier molecular flexibility index (Phi) is 3.74. The number of hydrogen-bond acceptors (Lipinski definition) is 3. The first-order valence-corrected chi connectivity index (χ1v) is 6.64. The average Bonchev–Trinajstić information content (AvgIpc) is 2.33. The second kappa shape index (κ2) is 5.10. The molecule has 0 amide bonds. The topological polar surface area (TPSA) is 49.3 Å². The predicted molar refractivity (Wildman–Crippen MR) is 69.5 cm³/mol. The Hall–Kier alpha value is -1.00. The van der Waals surface area contributed by atoms with Crippen LogP contribution in [0.2, 0.25) is 0 Å². The van der Waals surface area contributed by atoms with Crippen molar-refractivity contribution in [3.63, 3.8) is 0 Å². The van der Waals surface area contributed by atoms with Gasteiger partial charge in [-0.05, 0) is 45.0 Å². The van der Waals surface area contributed by atoms with Crippen LogP contribution >= 0.6 is 11.8 Å². The molecule has 0 radical (unpaired) electrons. The van der Waals surface area contributed by atoms with E-state index in [2.05, 4.69) is 5.32 Å². The highest BCUT2D eigenvalue weighted by Gasteiger charge is 2.40. The largest absolute Gasteiger partial charge is 0.480 e. The highest BCUT2D eigenvalue weighted by molar-refractivity contribution is 8.01. The summed E-state index contributed by atoms with van der Waals surface area (Å²) in [5, 5.41) is 12.7. The molecule has 0 spiro atoms. The molecule has 0 atom stereocenters. The Morgan fingerprint density at radius 1 is 1.29 bits per heavy atom. The van der Waals surface area contributed by atoms with Crippen molar-refractivity contribution in [3.8, 4) is 0 Å². The molecule has 1 saturated heterocycles. The Morgan fingerprint density at radius 3 is 2.41 bits per heavy atom. The summed E-state index contributed by atoms with van der Waals surface area (Å²) < 4.78 is -0.652. The third kappa shape index (κ3) is 2.82. The van der Waals surface area contributed by atoms with Gasteiger partial charge in [0.05, 0.1) is 0 Å². The third-order valence-corrected chi connectivity index (χ3v) is 4.62. The molecular weight excluding hydrogens is 234 g/mol. The van der Waals surface area contributed by atoms with Crippen LogP contribution in [0.5, 0.6) is 0 Å². The summed E-state index contributed by atoms with van der Waals surface area (Å²) in [6, 6.07) is 8.07. The maximum absolute atomic E-state index is 11.5. The van der Waals surface area contributed by atoms with E-state index in [1.54, 1.807) is 0 Å². The maximum atomic E-state index is 11.5. The number of hydrogen-bond donors (Lipinski definition) is 2. The van der Waals surface area contributed by atoms with Crippen LogP contribution in [0.4, 0.5) is 0 Å². The normalized spacial score (nSPS) is 18.9. The minimum Gasteiger partial charge on any atom is -0.480 e. The molecule has 0 aliphatic carbocycles. The van der Waals surface area contributed by atoms with Crippen molar-refractivity contribution < 1.29 is 9.90 Å². The molecule has 0 saturated carbocycles. The summed E-state index contributed by atoms with van der Waals surface area (Å²) in [4.78, 5) is 12.5. The summed E-state index contributed by atoms with van der Waals surface area (Å²) in [5.74, 6) is -0.690. The van der Waals surface area contributed by atoms with E-state index in [4.69, 9.17) is 0 Å². The van der Waals surface area contributed by atoms with Gasteiger partial charge in [-0.3, -0.25) is 4.79 Å². The lowest BCUT2D eigenvalue weighted by Crippen LogP contribution is -2.45. The third-order valence-electron chi connectivity index (χ3n) is 3.14. The van der Waals surface area contributed by atoms with Crippen LogP contribution in [0.15, 0.2) is 29.2 Å². The smallest absolute Gasteiger partial charge is 0.320 e. The molecule has 0 unspecified atom stereocenters.